The van der Waals surface area contributed by atoms with Gasteiger partial charge in [0.25, 0.3) is 5.91 Å². The largest absolute Gasteiger partial charge is 0.269 e. The fourth-order valence-electron chi connectivity index (χ4n) is 1.72. The summed E-state index contributed by atoms with van der Waals surface area (Å²) in [5.74, 6) is -0.0142. The van der Waals surface area contributed by atoms with Crippen LogP contribution in [0.25, 0.3) is 0 Å². The number of thioether (sulfide) groups is 1. The summed E-state index contributed by atoms with van der Waals surface area (Å²) in [6.45, 7) is 0.663. The highest BCUT2D eigenvalue weighted by Gasteiger charge is 2.27. The molecule has 3 nitrogen and oxygen atoms in total. The van der Waals surface area contributed by atoms with Gasteiger partial charge >= 0.3 is 0 Å². The molecule has 3 rings (SSSR count). The molecular formula is C11H8N2OS. The van der Waals surface area contributed by atoms with E-state index in [0.717, 1.165) is 16.4 Å². The van der Waals surface area contributed by atoms with Gasteiger partial charge in [0, 0.05) is 6.08 Å². The summed E-state index contributed by atoms with van der Waals surface area (Å²) in [6, 6.07) is 7.88. The Morgan fingerprint density at radius 2 is 2.20 bits per heavy atom. The molecule has 0 bridgehead atoms. The van der Waals surface area contributed by atoms with Crippen molar-refractivity contribution in [2.45, 2.75) is 6.54 Å². The third-order valence-electron chi connectivity index (χ3n) is 2.41. The Morgan fingerprint density at radius 3 is 3.13 bits per heavy atom. The molecule has 0 unspecified atom stereocenters. The van der Waals surface area contributed by atoms with Crippen molar-refractivity contribution in [1.82, 2.24) is 0 Å². The van der Waals surface area contributed by atoms with E-state index in [9.17, 15) is 4.79 Å². The fourth-order valence-corrected chi connectivity index (χ4v) is 2.46. The zero-order valence-electron chi connectivity index (χ0n) is 7.88. The maximum Gasteiger partial charge on any atom is 0.257 e. The average molecular weight is 216 g/mol. The van der Waals surface area contributed by atoms with Crippen LogP contribution in [0, 0.1) is 0 Å². The van der Waals surface area contributed by atoms with E-state index in [-0.39, 0.29) is 5.91 Å². The van der Waals surface area contributed by atoms with Crippen LogP contribution in [0.2, 0.25) is 0 Å². The maximum absolute atomic E-state index is 11.7. The second kappa shape index (κ2) is 3.24. The molecule has 2 aliphatic heterocycles. The summed E-state index contributed by atoms with van der Waals surface area (Å²) in [6.07, 6.45) is 1.58. The molecule has 0 fully saturated rings. The van der Waals surface area contributed by atoms with Gasteiger partial charge in [0.15, 0.2) is 5.17 Å². The van der Waals surface area contributed by atoms with E-state index in [2.05, 4.69) is 4.99 Å². The number of hydrogen-bond donors (Lipinski definition) is 0. The SMILES string of the molecule is O=C1C=CSC2=NCc3ccccc3N12. The van der Waals surface area contributed by atoms with Gasteiger partial charge in [0.2, 0.25) is 0 Å². The molecule has 2 aliphatic rings. The molecule has 0 spiro atoms. The van der Waals surface area contributed by atoms with Gasteiger partial charge in [-0.25, -0.2) is 0 Å². The third-order valence-corrected chi connectivity index (χ3v) is 3.21. The van der Waals surface area contributed by atoms with Crippen LogP contribution in [-0.2, 0) is 11.3 Å². The molecule has 2 heterocycles. The van der Waals surface area contributed by atoms with Crippen LogP contribution in [0.1, 0.15) is 5.56 Å². The molecule has 15 heavy (non-hydrogen) atoms. The molecule has 0 atom stereocenters. The van der Waals surface area contributed by atoms with Crippen molar-refractivity contribution in [2.75, 3.05) is 4.90 Å². The van der Waals surface area contributed by atoms with Crippen LogP contribution < -0.4 is 4.90 Å². The van der Waals surface area contributed by atoms with Crippen LogP contribution >= 0.6 is 11.8 Å². The number of nitrogens with zero attached hydrogens (tertiary/aromatic N) is 2. The van der Waals surface area contributed by atoms with E-state index in [4.69, 9.17) is 0 Å². The Morgan fingerprint density at radius 1 is 1.33 bits per heavy atom. The van der Waals surface area contributed by atoms with Gasteiger partial charge in [-0.15, -0.1) is 0 Å². The molecule has 0 aliphatic carbocycles. The van der Waals surface area contributed by atoms with Gasteiger partial charge in [0.05, 0.1) is 12.2 Å². The number of carbonyl (C=O) groups is 1. The number of benzene rings is 1. The first-order valence-corrected chi connectivity index (χ1v) is 5.54. The lowest BCUT2D eigenvalue weighted by Gasteiger charge is -2.29. The van der Waals surface area contributed by atoms with Gasteiger partial charge in [-0.05, 0) is 17.0 Å². The molecule has 74 valence electrons. The van der Waals surface area contributed by atoms with Crippen LogP contribution in [0.4, 0.5) is 5.69 Å². The molecule has 0 saturated heterocycles. The van der Waals surface area contributed by atoms with Crippen molar-refractivity contribution in [2.24, 2.45) is 4.99 Å². The van der Waals surface area contributed by atoms with Gasteiger partial charge < -0.3 is 0 Å². The minimum absolute atomic E-state index is 0.0142. The van der Waals surface area contributed by atoms with E-state index < -0.39 is 0 Å². The molecule has 1 aromatic rings. The van der Waals surface area contributed by atoms with E-state index in [0.29, 0.717) is 6.54 Å². The Labute approximate surface area is 91.5 Å². The summed E-state index contributed by atoms with van der Waals surface area (Å²) >= 11 is 1.49. The van der Waals surface area contributed by atoms with Crippen molar-refractivity contribution in [1.29, 1.82) is 0 Å². The monoisotopic (exact) mass is 216 g/mol. The fraction of sp³-hybridized carbons (Fsp3) is 0.0909. The lowest BCUT2D eigenvalue weighted by atomic mass is 10.1. The smallest absolute Gasteiger partial charge is 0.257 e. The van der Waals surface area contributed by atoms with Gasteiger partial charge in [-0.3, -0.25) is 14.7 Å². The molecule has 4 heteroatoms. The number of para-hydroxylation sites is 1. The van der Waals surface area contributed by atoms with E-state index >= 15 is 0 Å². The molecule has 1 amide bonds. The lowest BCUT2D eigenvalue weighted by molar-refractivity contribution is -0.113. The third kappa shape index (κ3) is 1.29. The number of anilines is 1. The average Bonchev–Trinajstić information content (AvgIpc) is 2.29. The second-order valence-electron chi connectivity index (χ2n) is 3.32. The highest BCUT2D eigenvalue weighted by atomic mass is 32.2. The maximum atomic E-state index is 11.7. The number of amidine groups is 1. The van der Waals surface area contributed by atoms with Gasteiger partial charge in [-0.1, -0.05) is 30.0 Å². The Balaban J connectivity index is 2.17. The summed E-state index contributed by atoms with van der Waals surface area (Å²) in [4.78, 5) is 17.8. The highest BCUT2D eigenvalue weighted by molar-refractivity contribution is 8.16. The predicted molar refractivity (Wildman–Crippen MR) is 61.8 cm³/mol. The molecule has 1 aromatic carbocycles. The lowest BCUT2D eigenvalue weighted by Crippen LogP contribution is -2.38. The van der Waals surface area contributed by atoms with E-state index in [1.54, 1.807) is 16.4 Å². The van der Waals surface area contributed by atoms with Crippen LogP contribution in [0.15, 0.2) is 40.7 Å². The van der Waals surface area contributed by atoms with Crippen molar-refractivity contribution in [3.8, 4) is 0 Å². The molecule has 0 saturated carbocycles. The molecule has 0 aromatic heterocycles. The summed E-state index contributed by atoms with van der Waals surface area (Å²) < 4.78 is 0. The summed E-state index contributed by atoms with van der Waals surface area (Å²) in [7, 11) is 0. The van der Waals surface area contributed by atoms with Gasteiger partial charge in [0.1, 0.15) is 0 Å². The Bertz CT molecular complexity index is 493. The minimum Gasteiger partial charge on any atom is -0.269 e. The number of fused-ring (bicyclic) bond motifs is 3. The second-order valence-corrected chi connectivity index (χ2v) is 4.19. The van der Waals surface area contributed by atoms with Crippen molar-refractivity contribution >= 4 is 28.5 Å². The zero-order valence-corrected chi connectivity index (χ0v) is 8.70. The molecule has 0 radical (unpaired) electrons. The number of aliphatic imine (C=N–C) groups is 1. The van der Waals surface area contributed by atoms with Crippen molar-refractivity contribution < 1.29 is 4.79 Å². The predicted octanol–water partition coefficient (Wildman–Crippen LogP) is 2.15. The topological polar surface area (TPSA) is 32.7 Å². The first kappa shape index (κ1) is 8.73. The molecule has 0 N–H and O–H groups in total. The minimum atomic E-state index is -0.0142. The molecular weight excluding hydrogens is 208 g/mol. The van der Waals surface area contributed by atoms with Crippen LogP contribution in [0.3, 0.4) is 0 Å². The van der Waals surface area contributed by atoms with Crippen molar-refractivity contribution in [3.05, 3.63) is 41.3 Å². The number of rotatable bonds is 0. The van der Waals surface area contributed by atoms with Gasteiger partial charge in [-0.2, -0.15) is 0 Å². The van der Waals surface area contributed by atoms with Crippen molar-refractivity contribution in [3.63, 3.8) is 0 Å². The number of hydrogen-bond acceptors (Lipinski definition) is 3. The Hall–Kier alpha value is -1.55. The van der Waals surface area contributed by atoms with E-state index in [1.165, 1.54) is 11.8 Å². The standard InChI is InChI=1S/C11H8N2OS/c14-10-5-6-15-11-12-7-8-3-1-2-4-9(8)13(10)11/h1-6H,7H2. The Kier molecular flexibility index (Phi) is 1.89. The normalized spacial score (nSPS) is 18.3. The van der Waals surface area contributed by atoms with Crippen LogP contribution in [-0.4, -0.2) is 11.1 Å². The number of carbonyl (C=O) groups excluding carboxylic acids is 1. The van der Waals surface area contributed by atoms with Crippen LogP contribution in [0.5, 0.6) is 0 Å². The first-order valence-electron chi connectivity index (χ1n) is 4.66. The van der Waals surface area contributed by atoms with E-state index in [1.807, 2.05) is 24.3 Å². The quantitative estimate of drug-likeness (QED) is 0.665. The highest BCUT2D eigenvalue weighted by Crippen LogP contribution is 2.31. The summed E-state index contributed by atoms with van der Waals surface area (Å²) in [5, 5.41) is 2.56. The summed E-state index contributed by atoms with van der Waals surface area (Å²) in [5.41, 5.74) is 2.06. The first-order chi connectivity index (χ1) is 7.36. The zero-order chi connectivity index (χ0) is 10.3. The number of amides is 1.